The molecule has 0 atom stereocenters. The van der Waals surface area contributed by atoms with Crippen molar-refractivity contribution in [1.29, 1.82) is 0 Å². The summed E-state index contributed by atoms with van der Waals surface area (Å²) in [6.45, 7) is 0.975. The van der Waals surface area contributed by atoms with Crippen LogP contribution < -0.4 is 0 Å². The van der Waals surface area contributed by atoms with Gasteiger partial charge in [-0.2, -0.15) is 74.6 Å². The Morgan fingerprint density at radius 3 is 1.31 bits per heavy atom. The summed E-state index contributed by atoms with van der Waals surface area (Å²) in [4.78, 5) is 22.3. The average molecular weight is 576 g/mol. The van der Waals surface area contributed by atoms with Gasteiger partial charge < -0.3 is 4.74 Å². The summed E-state index contributed by atoms with van der Waals surface area (Å²) >= 11 is 0. The second-order valence-electron chi connectivity index (χ2n) is 7.02. The second kappa shape index (κ2) is 10.0. The van der Waals surface area contributed by atoms with Crippen LogP contribution >= 0.6 is 0 Å². The predicted octanol–water partition coefficient (Wildman–Crippen LogP) is 6.69. The summed E-state index contributed by atoms with van der Waals surface area (Å²) in [5.74, 6) is -59.4. The summed E-state index contributed by atoms with van der Waals surface area (Å²) in [5.41, 5.74) is 0. The number of alkyl halides is 17. The van der Waals surface area contributed by atoms with Crippen LogP contribution in [-0.4, -0.2) is 66.0 Å². The third-order valence-corrected chi connectivity index (χ3v) is 4.38. The molecule has 0 aromatic carbocycles. The van der Waals surface area contributed by atoms with E-state index >= 15 is 0 Å². The maximum absolute atomic E-state index is 13.6. The quantitative estimate of drug-likeness (QED) is 0.140. The number of carbonyl (C=O) groups is 2. The van der Waals surface area contributed by atoms with E-state index in [1.54, 1.807) is 0 Å². The van der Waals surface area contributed by atoms with Gasteiger partial charge in [-0.1, -0.05) is 0 Å². The highest BCUT2D eigenvalue weighted by Crippen LogP contribution is 2.64. The summed E-state index contributed by atoms with van der Waals surface area (Å²) in [6.07, 6.45) is -14.6. The SMILES string of the molecule is CCOC(=O)CC(=O)CCCC(F)(F)C(F)(F)C(F)(F)C(F)(F)C(F)(F)C(F)(F)C(F)(F)C(F)(F)F. The molecular formula is C16H13F17O3. The van der Waals surface area contributed by atoms with E-state index in [4.69, 9.17) is 0 Å². The molecule has 0 aliphatic carbocycles. The van der Waals surface area contributed by atoms with Gasteiger partial charge >= 0.3 is 53.6 Å². The Morgan fingerprint density at radius 1 is 0.583 bits per heavy atom. The van der Waals surface area contributed by atoms with E-state index in [2.05, 4.69) is 4.74 Å². The second-order valence-corrected chi connectivity index (χ2v) is 7.02. The van der Waals surface area contributed by atoms with Crippen LogP contribution in [-0.2, 0) is 14.3 Å². The minimum Gasteiger partial charge on any atom is -0.466 e. The van der Waals surface area contributed by atoms with Crippen LogP contribution in [0.3, 0.4) is 0 Å². The molecule has 36 heavy (non-hydrogen) atoms. The van der Waals surface area contributed by atoms with Crippen molar-refractivity contribution in [1.82, 2.24) is 0 Å². The first-order valence-corrected chi connectivity index (χ1v) is 8.99. The molecule has 0 unspecified atom stereocenters. The first-order valence-electron chi connectivity index (χ1n) is 8.99. The number of esters is 1. The number of hydrogen-bond donors (Lipinski definition) is 0. The lowest BCUT2D eigenvalue weighted by Gasteiger charge is -2.42. The van der Waals surface area contributed by atoms with Gasteiger partial charge in [0.15, 0.2) is 0 Å². The molecule has 0 bridgehead atoms. The Morgan fingerprint density at radius 2 is 0.944 bits per heavy atom. The fourth-order valence-electron chi connectivity index (χ4n) is 2.32. The van der Waals surface area contributed by atoms with Crippen LogP contribution in [0, 0.1) is 0 Å². The molecule has 0 spiro atoms. The van der Waals surface area contributed by atoms with Gasteiger partial charge in [-0.15, -0.1) is 0 Å². The topological polar surface area (TPSA) is 43.4 Å². The molecule has 0 saturated heterocycles. The van der Waals surface area contributed by atoms with E-state index in [9.17, 15) is 84.2 Å². The Kier molecular flexibility index (Phi) is 9.45. The Hall–Kier alpha value is -2.05. The van der Waals surface area contributed by atoms with Crippen molar-refractivity contribution in [3.8, 4) is 0 Å². The number of halogens is 17. The van der Waals surface area contributed by atoms with Crippen molar-refractivity contribution < 1.29 is 89.0 Å². The molecule has 0 aliphatic rings. The van der Waals surface area contributed by atoms with E-state index in [0.29, 0.717) is 0 Å². The number of ether oxygens (including phenoxy) is 1. The van der Waals surface area contributed by atoms with Crippen molar-refractivity contribution in [2.24, 2.45) is 0 Å². The van der Waals surface area contributed by atoms with Crippen molar-refractivity contribution in [2.45, 2.75) is 80.2 Å². The van der Waals surface area contributed by atoms with Crippen LogP contribution in [0.5, 0.6) is 0 Å². The van der Waals surface area contributed by atoms with Crippen LogP contribution in [0.1, 0.15) is 32.6 Å². The molecule has 0 heterocycles. The first kappa shape index (κ1) is 33.9. The Labute approximate surface area is 188 Å². The smallest absolute Gasteiger partial charge is 0.460 e. The van der Waals surface area contributed by atoms with Gasteiger partial charge in [0.05, 0.1) is 6.61 Å². The molecule has 0 aromatic rings. The average Bonchev–Trinajstić information content (AvgIpc) is 2.65. The van der Waals surface area contributed by atoms with E-state index in [1.807, 2.05) is 0 Å². The Balaban J connectivity index is 6.08. The third kappa shape index (κ3) is 5.45. The number of ketones is 1. The Bertz CT molecular complexity index is 800. The monoisotopic (exact) mass is 576 g/mol. The van der Waals surface area contributed by atoms with Crippen LogP contribution in [0.2, 0.25) is 0 Å². The molecule has 0 N–H and O–H groups in total. The number of Topliss-reactive ketones (excluding diaryl/α,β-unsaturated/α-hetero) is 1. The molecular weight excluding hydrogens is 563 g/mol. The van der Waals surface area contributed by atoms with E-state index < -0.39 is 85.1 Å². The van der Waals surface area contributed by atoms with Gasteiger partial charge in [0.2, 0.25) is 0 Å². The van der Waals surface area contributed by atoms with Crippen LogP contribution in [0.15, 0.2) is 0 Å². The van der Waals surface area contributed by atoms with Crippen LogP contribution in [0.25, 0.3) is 0 Å². The molecule has 0 aromatic heterocycles. The summed E-state index contributed by atoms with van der Waals surface area (Å²) in [5, 5.41) is 0. The van der Waals surface area contributed by atoms with Crippen LogP contribution in [0.4, 0.5) is 74.6 Å². The zero-order valence-corrected chi connectivity index (χ0v) is 17.2. The summed E-state index contributed by atoms with van der Waals surface area (Å²) in [7, 11) is 0. The lowest BCUT2D eigenvalue weighted by Crippen LogP contribution is -2.74. The molecule has 0 fully saturated rings. The van der Waals surface area contributed by atoms with E-state index in [-0.39, 0.29) is 6.61 Å². The third-order valence-electron chi connectivity index (χ3n) is 4.38. The highest BCUT2D eigenvalue weighted by Gasteiger charge is 2.95. The van der Waals surface area contributed by atoms with Gasteiger partial charge in [0.25, 0.3) is 0 Å². The lowest BCUT2D eigenvalue weighted by molar-refractivity contribution is -0.461. The van der Waals surface area contributed by atoms with Gasteiger partial charge in [-0.05, 0) is 13.3 Å². The standard InChI is InChI=1S/C16H13F17O3/c1-2-36-8(35)6-7(34)4-3-5-9(17,18)10(19,20)11(21,22)12(23,24)13(25,26)14(27,28)15(29,30)16(31,32)33/h2-6H2,1H3. The normalized spacial score (nSPS) is 15.2. The summed E-state index contributed by atoms with van der Waals surface area (Å²) < 4.78 is 227. The number of hydrogen-bond acceptors (Lipinski definition) is 3. The zero-order chi connectivity index (χ0) is 29.4. The highest BCUT2D eigenvalue weighted by atomic mass is 19.4. The molecule has 0 rings (SSSR count). The molecule has 214 valence electrons. The minimum absolute atomic E-state index is 0.279. The van der Waals surface area contributed by atoms with E-state index in [1.165, 1.54) is 6.92 Å². The number of carbonyl (C=O) groups excluding carboxylic acids is 2. The molecule has 0 aliphatic heterocycles. The predicted molar refractivity (Wildman–Crippen MR) is 80.8 cm³/mol. The van der Waals surface area contributed by atoms with Crippen molar-refractivity contribution >= 4 is 11.8 Å². The van der Waals surface area contributed by atoms with Crippen molar-refractivity contribution in [2.75, 3.05) is 6.61 Å². The van der Waals surface area contributed by atoms with Crippen molar-refractivity contribution in [3.05, 3.63) is 0 Å². The lowest BCUT2D eigenvalue weighted by atomic mass is 9.87. The molecule has 0 saturated carbocycles. The maximum Gasteiger partial charge on any atom is 0.460 e. The zero-order valence-electron chi connectivity index (χ0n) is 17.2. The van der Waals surface area contributed by atoms with Gasteiger partial charge in [0.1, 0.15) is 12.2 Å². The summed E-state index contributed by atoms with van der Waals surface area (Å²) in [6, 6.07) is 0. The van der Waals surface area contributed by atoms with Gasteiger partial charge in [-0.25, -0.2) is 0 Å². The van der Waals surface area contributed by atoms with Gasteiger partial charge in [-0.3, -0.25) is 9.59 Å². The van der Waals surface area contributed by atoms with Gasteiger partial charge in [0, 0.05) is 12.8 Å². The highest BCUT2D eigenvalue weighted by molar-refractivity contribution is 5.95. The van der Waals surface area contributed by atoms with E-state index in [0.717, 1.165) is 0 Å². The molecule has 3 nitrogen and oxygen atoms in total. The molecule has 0 amide bonds. The maximum atomic E-state index is 13.6. The molecule has 20 heteroatoms. The fourth-order valence-corrected chi connectivity index (χ4v) is 2.32. The van der Waals surface area contributed by atoms with Crippen molar-refractivity contribution in [3.63, 3.8) is 0 Å². The molecule has 0 radical (unpaired) electrons. The largest absolute Gasteiger partial charge is 0.466 e. The first-order chi connectivity index (χ1) is 15.6. The minimum atomic E-state index is -8.68. The fraction of sp³-hybridized carbons (Fsp3) is 0.875. The number of rotatable bonds is 13.